The molecule has 1 fully saturated rings. The molecular formula is C49H51IO6Si. The Bertz CT molecular complexity index is 2030. The third-order valence-corrected chi connectivity index (χ3v) is 16.1. The summed E-state index contributed by atoms with van der Waals surface area (Å²) < 4.78 is 43.4. The third kappa shape index (κ3) is 10.3. The Morgan fingerprint density at radius 3 is 1.35 bits per heavy atom. The van der Waals surface area contributed by atoms with Crippen molar-refractivity contribution in [3.63, 3.8) is 0 Å². The number of halogens is 1. The first-order valence-corrected chi connectivity index (χ1v) is 22.6. The first-order valence-electron chi connectivity index (χ1n) is 19.6. The summed E-state index contributed by atoms with van der Waals surface area (Å²) >= 11 is 2.30. The van der Waals surface area contributed by atoms with Gasteiger partial charge in [0.1, 0.15) is 30.2 Å². The minimum absolute atomic E-state index is 0.232. The van der Waals surface area contributed by atoms with E-state index in [0.717, 1.165) is 20.3 Å². The maximum Gasteiger partial charge on any atom is 0.261 e. The Hall–Kier alpha value is -4.13. The SMILES string of the molecule is CC(C)(C)[Si](OC[C@H]1O[C@H](Oc2ccc(I)cc2)[C@@H](OCc2ccccc2)[C@@H](OCc2ccccc2)[C@@H]1OCc1ccccc1)(c1ccccc1)c1ccccc1. The Morgan fingerprint density at radius 2 is 0.912 bits per heavy atom. The molecule has 0 N–H and O–H groups in total. The van der Waals surface area contributed by atoms with Crippen LogP contribution < -0.4 is 15.1 Å². The van der Waals surface area contributed by atoms with E-state index in [0.29, 0.717) is 25.6 Å². The number of hydrogen-bond acceptors (Lipinski definition) is 6. The van der Waals surface area contributed by atoms with Gasteiger partial charge in [-0.3, -0.25) is 0 Å². The summed E-state index contributed by atoms with van der Waals surface area (Å²) in [6.07, 6.45) is -3.31. The van der Waals surface area contributed by atoms with E-state index in [4.69, 9.17) is 28.1 Å². The fourth-order valence-electron chi connectivity index (χ4n) is 7.59. The zero-order valence-corrected chi connectivity index (χ0v) is 35.9. The van der Waals surface area contributed by atoms with Gasteiger partial charge in [0.25, 0.3) is 8.32 Å². The van der Waals surface area contributed by atoms with Crippen LogP contribution in [0.1, 0.15) is 37.5 Å². The maximum absolute atomic E-state index is 7.56. The second-order valence-corrected chi connectivity index (χ2v) is 20.9. The number of ether oxygens (including phenoxy) is 5. The molecule has 0 unspecified atom stereocenters. The summed E-state index contributed by atoms with van der Waals surface area (Å²) in [5.74, 6) is 0.672. The van der Waals surface area contributed by atoms with Crippen LogP contribution in [0.25, 0.3) is 0 Å². The number of rotatable bonds is 16. The van der Waals surface area contributed by atoms with E-state index in [-0.39, 0.29) is 11.6 Å². The van der Waals surface area contributed by atoms with Gasteiger partial charge in [0, 0.05) is 3.57 Å². The van der Waals surface area contributed by atoms with Crippen molar-refractivity contribution < 1.29 is 28.1 Å². The average Bonchev–Trinajstić information content (AvgIpc) is 3.24. The van der Waals surface area contributed by atoms with Crippen LogP contribution >= 0.6 is 22.6 Å². The van der Waals surface area contributed by atoms with Gasteiger partial charge in [0.15, 0.2) is 0 Å². The van der Waals surface area contributed by atoms with Crippen molar-refractivity contribution in [3.8, 4) is 5.75 Å². The van der Waals surface area contributed by atoms with Crippen molar-refractivity contribution in [2.75, 3.05) is 6.61 Å². The Morgan fingerprint density at radius 1 is 0.509 bits per heavy atom. The van der Waals surface area contributed by atoms with Gasteiger partial charge in [-0.05, 0) is 79.0 Å². The minimum atomic E-state index is -2.97. The second-order valence-electron chi connectivity index (χ2n) is 15.4. The molecule has 5 atom stereocenters. The van der Waals surface area contributed by atoms with E-state index in [1.165, 1.54) is 10.4 Å². The predicted octanol–water partition coefficient (Wildman–Crippen LogP) is 9.73. The summed E-state index contributed by atoms with van der Waals surface area (Å²) in [5.41, 5.74) is 3.12. The standard InChI is InChI=1S/C49H51IO6Si/c1-49(2,3)57(42-25-15-7-16-26-42,43-27-17-8-18-28-43)54-36-44-45(51-33-37-19-9-4-10-20-37)46(52-34-38-21-11-5-12-22-38)47(53-35-39-23-13-6-14-24-39)48(56-44)55-41-31-29-40(50)30-32-41/h4-32,44-48H,33-36H2,1-3H3/t44-,45-,46+,47+,48+/m1/s1. The van der Waals surface area contributed by atoms with E-state index >= 15 is 0 Å². The Balaban J connectivity index is 1.31. The van der Waals surface area contributed by atoms with Gasteiger partial charge in [-0.2, -0.15) is 0 Å². The highest BCUT2D eigenvalue weighted by Crippen LogP contribution is 2.39. The normalized spacial score (nSPS) is 19.9. The van der Waals surface area contributed by atoms with E-state index in [2.05, 4.69) is 140 Å². The van der Waals surface area contributed by atoms with Crippen LogP contribution in [0.5, 0.6) is 5.75 Å². The molecule has 0 spiro atoms. The quantitative estimate of drug-likeness (QED) is 0.0713. The van der Waals surface area contributed by atoms with Crippen molar-refractivity contribution in [3.05, 3.63) is 196 Å². The molecule has 6 nitrogen and oxygen atoms in total. The van der Waals surface area contributed by atoms with Crippen LogP contribution in [0.4, 0.5) is 0 Å². The summed E-state index contributed by atoms with van der Waals surface area (Å²) in [6, 6.07) is 59.9. The molecule has 0 aromatic heterocycles. The molecule has 6 aromatic carbocycles. The number of hydrogen-bond donors (Lipinski definition) is 0. The van der Waals surface area contributed by atoms with Crippen LogP contribution in [-0.4, -0.2) is 45.6 Å². The van der Waals surface area contributed by atoms with Crippen molar-refractivity contribution in [1.29, 1.82) is 0 Å². The first kappa shape index (κ1) is 41.0. The van der Waals surface area contributed by atoms with Gasteiger partial charge in [0.05, 0.1) is 26.4 Å². The molecule has 6 aromatic rings. The molecular weight excluding hydrogens is 840 g/mol. The van der Waals surface area contributed by atoms with Gasteiger partial charge in [-0.15, -0.1) is 0 Å². The molecule has 0 bridgehead atoms. The lowest BCUT2D eigenvalue weighted by Crippen LogP contribution is -2.68. The molecule has 0 radical (unpaired) electrons. The van der Waals surface area contributed by atoms with E-state index in [1.54, 1.807) is 0 Å². The van der Waals surface area contributed by atoms with Gasteiger partial charge in [-0.1, -0.05) is 172 Å². The van der Waals surface area contributed by atoms with Crippen molar-refractivity contribution in [2.24, 2.45) is 0 Å². The highest BCUT2D eigenvalue weighted by molar-refractivity contribution is 14.1. The van der Waals surface area contributed by atoms with Crippen molar-refractivity contribution in [2.45, 2.75) is 76.3 Å². The molecule has 1 aliphatic rings. The van der Waals surface area contributed by atoms with Crippen LogP contribution in [0, 0.1) is 3.57 Å². The van der Waals surface area contributed by atoms with Crippen molar-refractivity contribution in [1.82, 2.24) is 0 Å². The highest BCUT2D eigenvalue weighted by atomic mass is 127. The molecule has 8 heteroatoms. The van der Waals surface area contributed by atoms with E-state index in [9.17, 15) is 0 Å². The summed E-state index contributed by atoms with van der Waals surface area (Å²) in [6.45, 7) is 8.12. The summed E-state index contributed by atoms with van der Waals surface area (Å²) in [7, 11) is -2.97. The van der Waals surface area contributed by atoms with Crippen LogP contribution in [0.15, 0.2) is 176 Å². The van der Waals surface area contributed by atoms with Crippen molar-refractivity contribution >= 4 is 41.3 Å². The fraction of sp³-hybridized carbons (Fsp3) is 0.265. The molecule has 7 rings (SSSR count). The van der Waals surface area contributed by atoms with E-state index in [1.807, 2.05) is 78.9 Å². The summed E-state index contributed by atoms with van der Waals surface area (Å²) in [4.78, 5) is 0. The lowest BCUT2D eigenvalue weighted by atomic mass is 9.97. The van der Waals surface area contributed by atoms with Gasteiger partial charge >= 0.3 is 0 Å². The zero-order chi connectivity index (χ0) is 39.5. The second kappa shape index (κ2) is 19.5. The molecule has 0 aliphatic carbocycles. The first-order chi connectivity index (χ1) is 27.8. The zero-order valence-electron chi connectivity index (χ0n) is 32.8. The van der Waals surface area contributed by atoms with E-state index < -0.39 is 39.0 Å². The molecule has 1 saturated heterocycles. The average molecular weight is 891 g/mol. The third-order valence-electron chi connectivity index (χ3n) is 10.4. The van der Waals surface area contributed by atoms with Crippen LogP contribution in [-0.2, 0) is 43.2 Å². The summed E-state index contributed by atoms with van der Waals surface area (Å²) in [5, 5.41) is 2.13. The highest BCUT2D eigenvalue weighted by Gasteiger charge is 2.54. The minimum Gasteiger partial charge on any atom is -0.462 e. The van der Waals surface area contributed by atoms with Gasteiger partial charge in [0.2, 0.25) is 6.29 Å². The largest absolute Gasteiger partial charge is 0.462 e. The van der Waals surface area contributed by atoms with Gasteiger partial charge in [-0.25, -0.2) is 0 Å². The molecule has 1 aliphatic heterocycles. The molecule has 294 valence electrons. The lowest BCUT2D eigenvalue weighted by molar-refractivity contribution is -0.307. The predicted molar refractivity (Wildman–Crippen MR) is 237 cm³/mol. The topological polar surface area (TPSA) is 55.4 Å². The molecule has 1 heterocycles. The fourth-order valence-corrected chi connectivity index (χ4v) is 12.5. The Kier molecular flexibility index (Phi) is 14.1. The number of benzene rings is 6. The van der Waals surface area contributed by atoms with Crippen LogP contribution in [0.2, 0.25) is 5.04 Å². The lowest BCUT2D eigenvalue weighted by Gasteiger charge is -2.48. The Labute approximate surface area is 352 Å². The monoisotopic (exact) mass is 890 g/mol. The molecule has 57 heavy (non-hydrogen) atoms. The van der Waals surface area contributed by atoms with Gasteiger partial charge < -0.3 is 28.1 Å². The van der Waals surface area contributed by atoms with Crippen LogP contribution in [0.3, 0.4) is 0 Å². The maximum atomic E-state index is 7.56. The molecule has 0 amide bonds. The smallest absolute Gasteiger partial charge is 0.261 e. The molecule has 0 saturated carbocycles.